The molecule has 1 aromatic carbocycles. The number of hydrogen-bond donors (Lipinski definition) is 1. The summed E-state index contributed by atoms with van der Waals surface area (Å²) in [4.78, 5) is 0. The average Bonchev–Trinajstić information content (AvgIpc) is 2.07. The van der Waals surface area contributed by atoms with E-state index in [1.54, 1.807) is 0 Å². The maximum absolute atomic E-state index is 6.05. The molecule has 13 heavy (non-hydrogen) atoms. The lowest BCUT2D eigenvalue weighted by Crippen LogP contribution is -2.17. The molecule has 0 saturated heterocycles. The molecule has 0 saturated carbocycles. The first kappa shape index (κ1) is 10.8. The van der Waals surface area contributed by atoms with E-state index in [2.05, 4.69) is 6.07 Å². The van der Waals surface area contributed by atoms with Crippen molar-refractivity contribution in [3.63, 3.8) is 0 Å². The predicted octanol–water partition coefficient (Wildman–Crippen LogP) is 3.10. The highest BCUT2D eigenvalue weighted by atomic mass is 35.5. The summed E-state index contributed by atoms with van der Waals surface area (Å²) in [5.41, 5.74) is 8.46. The van der Waals surface area contributed by atoms with Crippen molar-refractivity contribution in [2.24, 2.45) is 5.73 Å². The van der Waals surface area contributed by atoms with Gasteiger partial charge in [0.1, 0.15) is 0 Å². The first-order valence-electron chi connectivity index (χ1n) is 4.32. The second kappa shape index (κ2) is 4.32. The summed E-state index contributed by atoms with van der Waals surface area (Å²) in [5, 5.41) is 0.877. The molecule has 1 aliphatic carbocycles. The quantitative estimate of drug-likeness (QED) is 0.711. The lowest BCUT2D eigenvalue weighted by Gasteiger charge is -2.22. The Labute approximate surface area is 89.7 Å². The van der Waals surface area contributed by atoms with E-state index in [1.807, 2.05) is 12.1 Å². The van der Waals surface area contributed by atoms with Gasteiger partial charge in [-0.3, -0.25) is 0 Å². The van der Waals surface area contributed by atoms with E-state index >= 15 is 0 Å². The Morgan fingerprint density at radius 3 is 2.85 bits per heavy atom. The van der Waals surface area contributed by atoms with E-state index < -0.39 is 0 Å². The van der Waals surface area contributed by atoms with Gasteiger partial charge in [0.2, 0.25) is 0 Å². The topological polar surface area (TPSA) is 26.0 Å². The van der Waals surface area contributed by atoms with Gasteiger partial charge in [0.05, 0.1) is 0 Å². The molecular weight excluding hydrogens is 205 g/mol. The first-order chi connectivity index (χ1) is 5.79. The first-order valence-corrected chi connectivity index (χ1v) is 4.69. The molecule has 0 aliphatic heterocycles. The van der Waals surface area contributed by atoms with E-state index in [4.69, 9.17) is 17.3 Å². The van der Waals surface area contributed by atoms with Crippen LogP contribution in [-0.4, -0.2) is 0 Å². The Morgan fingerprint density at radius 1 is 1.38 bits per heavy atom. The van der Waals surface area contributed by atoms with E-state index in [-0.39, 0.29) is 18.4 Å². The van der Waals surface area contributed by atoms with Crippen LogP contribution in [0.2, 0.25) is 5.02 Å². The van der Waals surface area contributed by atoms with Crippen LogP contribution in [0.15, 0.2) is 18.2 Å². The van der Waals surface area contributed by atoms with Crippen molar-refractivity contribution in [2.75, 3.05) is 0 Å². The normalized spacial score (nSPS) is 20.3. The summed E-state index contributed by atoms with van der Waals surface area (Å²) in [5.74, 6) is 0. The van der Waals surface area contributed by atoms with Gasteiger partial charge in [-0.15, -0.1) is 12.4 Å². The van der Waals surface area contributed by atoms with Gasteiger partial charge in [-0.1, -0.05) is 23.7 Å². The Balaban J connectivity index is 0.000000845. The number of fused-ring (bicyclic) bond motifs is 1. The minimum absolute atomic E-state index is 0. The van der Waals surface area contributed by atoms with Crippen LogP contribution in [0.4, 0.5) is 0 Å². The van der Waals surface area contributed by atoms with Crippen LogP contribution in [-0.2, 0) is 6.42 Å². The van der Waals surface area contributed by atoms with Crippen molar-refractivity contribution in [3.8, 4) is 0 Å². The summed E-state index contributed by atoms with van der Waals surface area (Å²) in [6.07, 6.45) is 3.34. The van der Waals surface area contributed by atoms with Gasteiger partial charge in [-0.2, -0.15) is 0 Å². The van der Waals surface area contributed by atoms with Gasteiger partial charge < -0.3 is 5.73 Å². The van der Waals surface area contributed by atoms with Gasteiger partial charge in [0, 0.05) is 11.1 Å². The van der Waals surface area contributed by atoms with E-state index in [9.17, 15) is 0 Å². The fraction of sp³-hybridized carbons (Fsp3) is 0.400. The second-order valence-corrected chi connectivity index (χ2v) is 3.71. The third kappa shape index (κ3) is 1.98. The van der Waals surface area contributed by atoms with Crippen LogP contribution in [0.1, 0.15) is 30.0 Å². The largest absolute Gasteiger partial charge is 0.324 e. The van der Waals surface area contributed by atoms with Crippen LogP contribution in [0.5, 0.6) is 0 Å². The summed E-state index contributed by atoms with van der Waals surface area (Å²) in [7, 11) is 0. The third-order valence-corrected chi connectivity index (χ3v) is 2.85. The fourth-order valence-electron chi connectivity index (χ4n) is 1.84. The molecule has 0 unspecified atom stereocenters. The van der Waals surface area contributed by atoms with Gasteiger partial charge in [0.25, 0.3) is 0 Å². The summed E-state index contributed by atoms with van der Waals surface area (Å²) >= 11 is 6.05. The van der Waals surface area contributed by atoms with E-state index in [1.165, 1.54) is 11.1 Å². The molecule has 0 bridgehead atoms. The highest BCUT2D eigenvalue weighted by Gasteiger charge is 2.17. The van der Waals surface area contributed by atoms with Crippen LogP contribution < -0.4 is 5.73 Å². The number of halogens is 2. The molecule has 2 rings (SSSR count). The highest BCUT2D eigenvalue weighted by molar-refractivity contribution is 6.31. The zero-order chi connectivity index (χ0) is 8.55. The molecule has 0 radical (unpaired) electrons. The zero-order valence-electron chi connectivity index (χ0n) is 7.29. The molecule has 1 aliphatic rings. The Morgan fingerprint density at radius 2 is 2.15 bits per heavy atom. The van der Waals surface area contributed by atoms with Crippen LogP contribution in [0.3, 0.4) is 0 Å². The number of hydrogen-bond acceptors (Lipinski definition) is 1. The van der Waals surface area contributed by atoms with Crippen molar-refractivity contribution in [3.05, 3.63) is 34.3 Å². The van der Waals surface area contributed by atoms with E-state index in [0.717, 1.165) is 24.3 Å². The molecule has 1 atom stereocenters. The number of nitrogens with two attached hydrogens (primary N) is 1. The molecule has 0 fully saturated rings. The van der Waals surface area contributed by atoms with Gasteiger partial charge in [0.15, 0.2) is 0 Å². The maximum atomic E-state index is 6.05. The van der Waals surface area contributed by atoms with Crippen LogP contribution >= 0.6 is 24.0 Å². The Bertz CT molecular complexity index is 299. The molecule has 1 nitrogen and oxygen atoms in total. The smallest absolute Gasteiger partial charge is 0.0441 e. The van der Waals surface area contributed by atoms with Gasteiger partial charge in [-0.25, -0.2) is 0 Å². The average molecular weight is 218 g/mol. The molecule has 72 valence electrons. The molecule has 0 spiro atoms. The Hall–Kier alpha value is -0.240. The predicted molar refractivity (Wildman–Crippen MR) is 58.6 cm³/mol. The van der Waals surface area contributed by atoms with Crippen molar-refractivity contribution >= 4 is 24.0 Å². The monoisotopic (exact) mass is 217 g/mol. The molecule has 0 amide bonds. The van der Waals surface area contributed by atoms with Crippen LogP contribution in [0.25, 0.3) is 0 Å². The Kier molecular flexibility index (Phi) is 3.60. The van der Waals surface area contributed by atoms with Crippen molar-refractivity contribution in [1.29, 1.82) is 0 Å². The van der Waals surface area contributed by atoms with Crippen molar-refractivity contribution < 1.29 is 0 Å². The summed E-state index contributed by atoms with van der Waals surface area (Å²) in [6, 6.07) is 6.21. The summed E-state index contributed by atoms with van der Waals surface area (Å²) < 4.78 is 0. The standard InChI is InChI=1S/C10H12ClN.ClH/c11-9-5-1-4-8-7(9)3-2-6-10(8)12;/h1,4-5,10H,2-3,6,12H2;1H/t10-;/m1./s1. The summed E-state index contributed by atoms with van der Waals surface area (Å²) in [6.45, 7) is 0. The SMILES string of the molecule is Cl.N[C@@H]1CCCc2c(Cl)cccc21. The fourth-order valence-corrected chi connectivity index (χ4v) is 2.12. The van der Waals surface area contributed by atoms with Crippen molar-refractivity contribution in [2.45, 2.75) is 25.3 Å². The number of benzene rings is 1. The van der Waals surface area contributed by atoms with Gasteiger partial charge >= 0.3 is 0 Å². The highest BCUT2D eigenvalue weighted by Crippen LogP contribution is 2.32. The molecule has 3 heteroatoms. The minimum atomic E-state index is 0. The number of rotatable bonds is 0. The lowest BCUT2D eigenvalue weighted by atomic mass is 9.88. The van der Waals surface area contributed by atoms with Crippen LogP contribution in [0, 0.1) is 0 Å². The third-order valence-electron chi connectivity index (χ3n) is 2.50. The molecule has 2 N–H and O–H groups in total. The minimum Gasteiger partial charge on any atom is -0.324 e. The van der Waals surface area contributed by atoms with Crippen molar-refractivity contribution in [1.82, 2.24) is 0 Å². The zero-order valence-corrected chi connectivity index (χ0v) is 8.87. The molecule has 1 aromatic rings. The molecular formula is C10H13Cl2N. The molecule has 0 aromatic heterocycles. The van der Waals surface area contributed by atoms with E-state index in [0.29, 0.717) is 0 Å². The van der Waals surface area contributed by atoms with Gasteiger partial charge in [-0.05, 0) is 36.5 Å². The maximum Gasteiger partial charge on any atom is 0.0441 e. The lowest BCUT2D eigenvalue weighted by molar-refractivity contribution is 0.570. The second-order valence-electron chi connectivity index (χ2n) is 3.31. The molecule has 0 heterocycles.